The molecule has 0 aliphatic heterocycles. The second kappa shape index (κ2) is 5.53. The molecular formula is C13H18N4O. The van der Waals surface area contributed by atoms with E-state index < -0.39 is 0 Å². The predicted molar refractivity (Wildman–Crippen MR) is 71.6 cm³/mol. The lowest BCUT2D eigenvalue weighted by Gasteiger charge is -2.20. The molecule has 5 N–H and O–H groups in total. The number of hydrogen-bond acceptors (Lipinski definition) is 2. The van der Waals surface area contributed by atoms with Crippen molar-refractivity contribution in [1.29, 1.82) is 5.41 Å². The van der Waals surface area contributed by atoms with Gasteiger partial charge in [-0.2, -0.15) is 0 Å². The number of rotatable bonds is 3. The van der Waals surface area contributed by atoms with Gasteiger partial charge in [-0.1, -0.05) is 24.6 Å². The highest BCUT2D eigenvalue weighted by Crippen LogP contribution is 2.25. The summed E-state index contributed by atoms with van der Waals surface area (Å²) in [4.78, 5) is 11.8. The number of nitrogens with two attached hydrogens (primary N) is 1. The van der Waals surface area contributed by atoms with Crippen molar-refractivity contribution in [3.63, 3.8) is 0 Å². The van der Waals surface area contributed by atoms with Gasteiger partial charge in [0, 0.05) is 17.6 Å². The van der Waals surface area contributed by atoms with Crippen LogP contribution in [-0.2, 0) is 0 Å². The first-order chi connectivity index (χ1) is 8.66. The zero-order chi connectivity index (χ0) is 13.0. The lowest BCUT2D eigenvalue weighted by Crippen LogP contribution is -2.43. The molecule has 18 heavy (non-hydrogen) atoms. The maximum atomic E-state index is 11.8. The Hall–Kier alpha value is -2.04. The molecule has 0 spiro atoms. The molecule has 0 bridgehead atoms. The van der Waals surface area contributed by atoms with Gasteiger partial charge >= 0.3 is 6.03 Å². The third kappa shape index (κ3) is 3.00. The van der Waals surface area contributed by atoms with Crippen LogP contribution < -0.4 is 16.4 Å². The van der Waals surface area contributed by atoms with Crippen molar-refractivity contribution < 1.29 is 4.79 Å². The molecule has 1 aromatic carbocycles. The number of para-hydroxylation sites is 1. The fourth-order valence-corrected chi connectivity index (χ4v) is 2.36. The van der Waals surface area contributed by atoms with Crippen LogP contribution in [0.3, 0.4) is 0 Å². The van der Waals surface area contributed by atoms with Crippen LogP contribution >= 0.6 is 0 Å². The smallest absolute Gasteiger partial charge is 0.319 e. The van der Waals surface area contributed by atoms with Crippen LogP contribution in [0.5, 0.6) is 0 Å². The van der Waals surface area contributed by atoms with E-state index in [0.717, 1.165) is 24.9 Å². The number of carbonyl (C=O) groups is 1. The summed E-state index contributed by atoms with van der Waals surface area (Å²) in [6.45, 7) is 0. The minimum Gasteiger partial charge on any atom is -0.387 e. The minimum atomic E-state index is -0.237. The van der Waals surface area contributed by atoms with E-state index in [4.69, 9.17) is 11.1 Å². The molecule has 1 aliphatic rings. The van der Waals surface area contributed by atoms with Crippen molar-refractivity contribution in [1.82, 2.24) is 5.32 Å². The topological polar surface area (TPSA) is 91.0 Å². The van der Waals surface area contributed by atoms with E-state index in [0.29, 0.717) is 0 Å². The zero-order valence-corrected chi connectivity index (χ0v) is 10.1. The molecule has 2 unspecified atom stereocenters. The Bertz CT molecular complexity index is 432. The van der Waals surface area contributed by atoms with Gasteiger partial charge in [0.25, 0.3) is 0 Å². The van der Waals surface area contributed by atoms with Crippen molar-refractivity contribution in [2.24, 2.45) is 11.7 Å². The van der Waals surface area contributed by atoms with Crippen LogP contribution in [0.15, 0.2) is 30.3 Å². The van der Waals surface area contributed by atoms with Gasteiger partial charge in [-0.15, -0.1) is 0 Å². The molecule has 0 aromatic heterocycles. The number of amides is 2. The van der Waals surface area contributed by atoms with Crippen molar-refractivity contribution in [2.75, 3.05) is 5.32 Å². The second-order valence-corrected chi connectivity index (χ2v) is 4.56. The highest BCUT2D eigenvalue weighted by Gasteiger charge is 2.30. The van der Waals surface area contributed by atoms with Gasteiger partial charge in [-0.05, 0) is 25.0 Å². The SMILES string of the molecule is N=C(N)C1CCCC1NC(=O)Nc1ccccc1. The number of amidine groups is 1. The highest BCUT2D eigenvalue weighted by molar-refractivity contribution is 5.90. The first kappa shape index (κ1) is 12.4. The minimum absolute atomic E-state index is 0.0217. The predicted octanol–water partition coefficient (Wildman–Crippen LogP) is 1.91. The van der Waals surface area contributed by atoms with E-state index in [1.165, 1.54) is 0 Å². The fourth-order valence-electron chi connectivity index (χ4n) is 2.36. The van der Waals surface area contributed by atoms with E-state index in [1.807, 2.05) is 30.3 Å². The normalized spacial score (nSPS) is 22.4. The lowest BCUT2D eigenvalue weighted by molar-refractivity contribution is 0.247. The third-order valence-electron chi connectivity index (χ3n) is 3.26. The van der Waals surface area contributed by atoms with Gasteiger partial charge in [0.15, 0.2) is 0 Å². The second-order valence-electron chi connectivity index (χ2n) is 4.56. The molecule has 1 aromatic rings. The molecule has 5 nitrogen and oxygen atoms in total. The molecule has 0 heterocycles. The van der Waals surface area contributed by atoms with E-state index >= 15 is 0 Å². The molecule has 2 atom stereocenters. The van der Waals surface area contributed by atoms with Gasteiger partial charge in [-0.25, -0.2) is 4.79 Å². The van der Waals surface area contributed by atoms with E-state index in [9.17, 15) is 4.79 Å². The molecule has 96 valence electrons. The summed E-state index contributed by atoms with van der Waals surface area (Å²) < 4.78 is 0. The van der Waals surface area contributed by atoms with Gasteiger partial charge < -0.3 is 16.4 Å². The molecule has 1 saturated carbocycles. The molecular weight excluding hydrogens is 228 g/mol. The summed E-state index contributed by atoms with van der Waals surface area (Å²) in [6, 6.07) is 9.03. The first-order valence-corrected chi connectivity index (χ1v) is 6.13. The lowest BCUT2D eigenvalue weighted by atomic mass is 10.0. The molecule has 1 aliphatic carbocycles. The summed E-state index contributed by atoms with van der Waals surface area (Å²) >= 11 is 0. The van der Waals surface area contributed by atoms with Crippen LogP contribution in [0, 0.1) is 11.3 Å². The summed E-state index contributed by atoms with van der Waals surface area (Å²) in [6.07, 6.45) is 2.76. The van der Waals surface area contributed by atoms with Crippen molar-refractivity contribution in [3.05, 3.63) is 30.3 Å². The van der Waals surface area contributed by atoms with Crippen LogP contribution in [0.2, 0.25) is 0 Å². The number of benzene rings is 1. The number of carbonyl (C=O) groups excluding carboxylic acids is 1. The van der Waals surface area contributed by atoms with Crippen molar-refractivity contribution in [3.8, 4) is 0 Å². The summed E-state index contributed by atoms with van der Waals surface area (Å²) in [5, 5.41) is 13.1. The number of anilines is 1. The Morgan fingerprint density at radius 1 is 1.28 bits per heavy atom. The molecule has 0 saturated heterocycles. The molecule has 2 amide bonds. The summed E-state index contributed by atoms with van der Waals surface area (Å²) in [5.74, 6) is 0.143. The maximum absolute atomic E-state index is 11.8. The van der Waals surface area contributed by atoms with Crippen molar-refractivity contribution >= 4 is 17.6 Å². The summed E-state index contributed by atoms with van der Waals surface area (Å²) in [5.41, 5.74) is 6.28. The Kier molecular flexibility index (Phi) is 3.82. The third-order valence-corrected chi connectivity index (χ3v) is 3.26. The van der Waals surface area contributed by atoms with Gasteiger partial charge in [0.05, 0.1) is 5.84 Å². The largest absolute Gasteiger partial charge is 0.387 e. The van der Waals surface area contributed by atoms with Gasteiger partial charge in [0.1, 0.15) is 0 Å². The average Bonchev–Trinajstić information content (AvgIpc) is 2.78. The Morgan fingerprint density at radius 3 is 2.67 bits per heavy atom. The standard InChI is InChI=1S/C13H18N4O/c14-12(15)10-7-4-8-11(10)17-13(18)16-9-5-2-1-3-6-9/h1-3,5-6,10-11H,4,7-8H2,(H3,14,15)(H2,16,17,18). The van der Waals surface area contributed by atoms with Crippen LogP contribution in [0.25, 0.3) is 0 Å². The number of nitrogens with one attached hydrogen (secondary N) is 3. The number of hydrogen-bond donors (Lipinski definition) is 4. The van der Waals surface area contributed by atoms with Crippen LogP contribution in [0.1, 0.15) is 19.3 Å². The molecule has 5 heteroatoms. The first-order valence-electron chi connectivity index (χ1n) is 6.13. The molecule has 2 rings (SSSR count). The Labute approximate surface area is 106 Å². The van der Waals surface area contributed by atoms with E-state index in [1.54, 1.807) is 0 Å². The zero-order valence-electron chi connectivity index (χ0n) is 10.1. The van der Waals surface area contributed by atoms with E-state index in [-0.39, 0.29) is 23.8 Å². The van der Waals surface area contributed by atoms with E-state index in [2.05, 4.69) is 10.6 Å². The molecule has 0 radical (unpaired) electrons. The van der Waals surface area contributed by atoms with Crippen molar-refractivity contribution in [2.45, 2.75) is 25.3 Å². The van der Waals surface area contributed by atoms with Gasteiger partial charge in [-0.3, -0.25) is 5.41 Å². The fraction of sp³-hybridized carbons (Fsp3) is 0.385. The molecule has 1 fully saturated rings. The van der Waals surface area contributed by atoms with Gasteiger partial charge in [0.2, 0.25) is 0 Å². The summed E-state index contributed by atoms with van der Waals surface area (Å²) in [7, 11) is 0. The number of urea groups is 1. The van der Waals surface area contributed by atoms with Crippen LogP contribution in [0.4, 0.5) is 10.5 Å². The van der Waals surface area contributed by atoms with Crippen LogP contribution in [-0.4, -0.2) is 17.9 Å². The average molecular weight is 246 g/mol. The quantitative estimate of drug-likeness (QED) is 0.484. The maximum Gasteiger partial charge on any atom is 0.319 e. The Balaban J connectivity index is 1.90. The monoisotopic (exact) mass is 246 g/mol. The highest BCUT2D eigenvalue weighted by atomic mass is 16.2. The Morgan fingerprint density at radius 2 is 2.00 bits per heavy atom.